The van der Waals surface area contributed by atoms with Gasteiger partial charge < -0.3 is 25.6 Å². The highest BCUT2D eigenvalue weighted by molar-refractivity contribution is 6.34. The van der Waals surface area contributed by atoms with Gasteiger partial charge in [0, 0.05) is 29.2 Å². The Bertz CT molecular complexity index is 2230. The van der Waals surface area contributed by atoms with E-state index in [0.29, 0.717) is 40.9 Å². The average Bonchev–Trinajstić information content (AvgIpc) is 3.70. The number of hydrogen-bond acceptors (Lipinski definition) is 9. The highest BCUT2D eigenvalue weighted by Crippen LogP contribution is 2.31. The maximum atomic E-state index is 12.8. The van der Waals surface area contributed by atoms with Crippen LogP contribution in [0.15, 0.2) is 73.1 Å². The number of aliphatic hydroxyl groups is 2. The van der Waals surface area contributed by atoms with Crippen LogP contribution in [0.4, 0.5) is 33.3 Å². The zero-order valence-corrected chi connectivity index (χ0v) is 27.7. The molecule has 2 aromatic carbocycles. The molecule has 0 aliphatic rings. The topological polar surface area (TPSA) is 169 Å². The van der Waals surface area contributed by atoms with Crippen molar-refractivity contribution in [1.82, 2.24) is 29.5 Å². The molecule has 6 rings (SSSR count). The van der Waals surface area contributed by atoms with Gasteiger partial charge in [-0.3, -0.25) is 19.0 Å². The lowest BCUT2D eigenvalue weighted by Crippen LogP contribution is -2.17. The number of nitrogens with one attached hydrogen (secondary N) is 2. The van der Waals surface area contributed by atoms with Crippen molar-refractivity contribution in [3.8, 4) is 5.75 Å². The molecule has 0 atom stereocenters. The number of aromatic nitrogens is 6. The Morgan fingerprint density at radius 2 is 1.37 bits per heavy atom. The standard InChI is InChI=1S/C17H16F2N4O3.C16H12ClF3N4O2/c1-26-15-8-13-10(9-23(22-13)5-6-24)7-14(15)21-17(25)12-4-2-3-11(20-12)16(18)19;17-10-7-12-9(8-24(23-12)4-5-25)6-13(10)22-15(26)11-2-1-3-14(21-11)16(18,19)20/h2-4,7-9,16,24H,5-6H2,1H3,(H,21,25);1-3,6-8,25H,4-5H2,(H,22,26). The molecule has 4 heterocycles. The molecule has 2 amide bonds. The molecule has 19 heteroatoms. The Balaban J connectivity index is 0.000000201. The Morgan fingerprint density at radius 3 is 1.92 bits per heavy atom. The maximum absolute atomic E-state index is 12.8. The predicted molar refractivity (Wildman–Crippen MR) is 180 cm³/mol. The van der Waals surface area contributed by atoms with Gasteiger partial charge in [-0.05, 0) is 42.5 Å². The van der Waals surface area contributed by atoms with Crippen LogP contribution in [0.1, 0.15) is 38.8 Å². The molecule has 0 fully saturated rings. The van der Waals surface area contributed by atoms with E-state index < -0.39 is 35.8 Å². The van der Waals surface area contributed by atoms with Gasteiger partial charge in [-0.15, -0.1) is 0 Å². The third kappa shape index (κ3) is 8.95. The molecule has 52 heavy (non-hydrogen) atoms. The second-order valence-corrected chi connectivity index (χ2v) is 11.2. The normalized spacial score (nSPS) is 11.4. The number of methoxy groups -OCH3 is 1. The predicted octanol–water partition coefficient (Wildman–Crippen LogP) is 5.97. The quantitative estimate of drug-likeness (QED) is 0.123. The van der Waals surface area contributed by atoms with Gasteiger partial charge in [-0.25, -0.2) is 18.7 Å². The number of hydrogen-bond donors (Lipinski definition) is 4. The number of benzene rings is 2. The molecule has 4 aromatic heterocycles. The number of halogens is 6. The number of carbonyl (C=O) groups excluding carboxylic acids is 2. The van der Waals surface area contributed by atoms with Crippen molar-refractivity contribution in [3.63, 3.8) is 0 Å². The highest BCUT2D eigenvalue weighted by atomic mass is 35.5. The van der Waals surface area contributed by atoms with Gasteiger partial charge >= 0.3 is 6.18 Å². The molecular weight excluding hydrogens is 719 g/mol. The fraction of sp³-hybridized carbons (Fsp3) is 0.212. The first-order valence-corrected chi connectivity index (χ1v) is 15.5. The molecule has 0 bridgehead atoms. The van der Waals surface area contributed by atoms with Crippen LogP contribution in [0.25, 0.3) is 21.8 Å². The van der Waals surface area contributed by atoms with E-state index in [2.05, 4.69) is 30.8 Å². The van der Waals surface area contributed by atoms with E-state index in [1.165, 1.54) is 36.1 Å². The fourth-order valence-electron chi connectivity index (χ4n) is 4.79. The first-order chi connectivity index (χ1) is 24.8. The maximum Gasteiger partial charge on any atom is 0.433 e. The smallest absolute Gasteiger partial charge is 0.433 e. The van der Waals surface area contributed by atoms with Crippen molar-refractivity contribution in [2.75, 3.05) is 31.0 Å². The number of amides is 2. The molecule has 6 aromatic rings. The van der Waals surface area contributed by atoms with E-state index in [1.54, 1.807) is 35.3 Å². The van der Waals surface area contributed by atoms with Crippen LogP contribution in [-0.4, -0.2) is 71.9 Å². The van der Waals surface area contributed by atoms with Gasteiger partial charge in [-0.2, -0.15) is 23.4 Å². The Hall–Kier alpha value is -5.72. The van der Waals surface area contributed by atoms with Crippen LogP contribution in [0.5, 0.6) is 5.75 Å². The number of ether oxygens (including phenoxy) is 1. The Kier molecular flexibility index (Phi) is 11.6. The van der Waals surface area contributed by atoms with Crippen molar-refractivity contribution in [3.05, 3.63) is 101 Å². The van der Waals surface area contributed by atoms with Crippen molar-refractivity contribution in [2.24, 2.45) is 0 Å². The number of pyridine rings is 2. The molecule has 0 aliphatic heterocycles. The zero-order valence-electron chi connectivity index (χ0n) is 26.9. The molecule has 0 saturated carbocycles. The number of anilines is 2. The largest absolute Gasteiger partial charge is 0.494 e. The molecule has 4 N–H and O–H groups in total. The molecule has 13 nitrogen and oxygen atoms in total. The van der Waals surface area contributed by atoms with Crippen LogP contribution < -0.4 is 15.4 Å². The molecule has 0 unspecified atom stereocenters. The molecule has 0 saturated heterocycles. The third-order valence-electron chi connectivity index (χ3n) is 7.17. The van der Waals surface area contributed by atoms with E-state index in [-0.39, 0.29) is 35.3 Å². The van der Waals surface area contributed by atoms with Gasteiger partial charge in [0.05, 0.1) is 60.8 Å². The second kappa shape index (κ2) is 16.1. The van der Waals surface area contributed by atoms with Crippen LogP contribution in [0.3, 0.4) is 0 Å². The number of aliphatic hydroxyl groups excluding tert-OH is 2. The number of rotatable bonds is 10. The second-order valence-electron chi connectivity index (χ2n) is 10.8. The minimum atomic E-state index is -4.64. The lowest BCUT2D eigenvalue weighted by atomic mass is 10.2. The minimum Gasteiger partial charge on any atom is -0.494 e. The Labute approximate surface area is 295 Å². The summed E-state index contributed by atoms with van der Waals surface area (Å²) in [6.45, 7) is 0.485. The summed E-state index contributed by atoms with van der Waals surface area (Å²) in [5, 5.41) is 33.1. The number of fused-ring (bicyclic) bond motifs is 2. The first kappa shape index (κ1) is 37.5. The number of carbonyl (C=O) groups is 2. The lowest BCUT2D eigenvalue weighted by molar-refractivity contribution is -0.141. The summed E-state index contributed by atoms with van der Waals surface area (Å²) in [6, 6.07) is 13.3. The van der Waals surface area contributed by atoms with Crippen LogP contribution in [0, 0.1) is 0 Å². The van der Waals surface area contributed by atoms with Crippen molar-refractivity contribution >= 4 is 56.6 Å². The first-order valence-electron chi connectivity index (χ1n) is 15.1. The zero-order chi connectivity index (χ0) is 37.6. The van der Waals surface area contributed by atoms with Crippen molar-refractivity contribution in [2.45, 2.75) is 25.7 Å². The number of nitrogens with zero attached hydrogens (tertiary/aromatic N) is 6. The van der Waals surface area contributed by atoms with Gasteiger partial charge in [0.25, 0.3) is 18.2 Å². The SMILES string of the molecule is COc1cc2nn(CCO)cc2cc1NC(=O)c1cccc(C(F)F)n1.O=C(Nc1cc2cn(CCO)nc2cc1Cl)c1cccc(C(F)(F)F)n1. The van der Waals surface area contributed by atoms with Gasteiger partial charge in [0.1, 0.15) is 28.5 Å². The number of alkyl halides is 5. The van der Waals surface area contributed by atoms with E-state index >= 15 is 0 Å². The third-order valence-corrected chi connectivity index (χ3v) is 7.48. The summed E-state index contributed by atoms with van der Waals surface area (Å²) >= 11 is 6.11. The van der Waals surface area contributed by atoms with Crippen LogP contribution in [-0.2, 0) is 19.3 Å². The summed E-state index contributed by atoms with van der Waals surface area (Å²) in [7, 11) is 1.44. The van der Waals surface area contributed by atoms with E-state index in [4.69, 9.17) is 26.6 Å². The van der Waals surface area contributed by atoms with Crippen molar-refractivity contribution < 1.29 is 46.5 Å². The average molecular weight is 747 g/mol. The minimum absolute atomic E-state index is 0.0547. The molecule has 272 valence electrons. The summed E-state index contributed by atoms with van der Waals surface area (Å²) in [6.07, 6.45) is -4.03. The molecule has 0 radical (unpaired) electrons. The summed E-state index contributed by atoms with van der Waals surface area (Å²) in [5.74, 6) is -1.09. The van der Waals surface area contributed by atoms with E-state index in [1.807, 2.05) is 0 Å². The van der Waals surface area contributed by atoms with Gasteiger partial charge in [0.2, 0.25) is 0 Å². The fourth-order valence-corrected chi connectivity index (χ4v) is 4.99. The monoisotopic (exact) mass is 746 g/mol. The van der Waals surface area contributed by atoms with Crippen LogP contribution in [0.2, 0.25) is 5.02 Å². The molecule has 0 aliphatic carbocycles. The van der Waals surface area contributed by atoms with Gasteiger partial charge in [0.15, 0.2) is 0 Å². The molecule has 0 spiro atoms. The van der Waals surface area contributed by atoms with E-state index in [9.17, 15) is 31.5 Å². The lowest BCUT2D eigenvalue weighted by Gasteiger charge is -2.10. The summed E-state index contributed by atoms with van der Waals surface area (Å²) in [4.78, 5) is 31.6. The highest BCUT2D eigenvalue weighted by Gasteiger charge is 2.33. The summed E-state index contributed by atoms with van der Waals surface area (Å²) in [5.41, 5.74) is -0.371. The van der Waals surface area contributed by atoms with Crippen LogP contribution >= 0.6 is 11.6 Å². The van der Waals surface area contributed by atoms with Gasteiger partial charge in [-0.1, -0.05) is 23.7 Å². The van der Waals surface area contributed by atoms with Crippen molar-refractivity contribution in [1.29, 1.82) is 0 Å². The van der Waals surface area contributed by atoms with E-state index in [0.717, 1.165) is 23.6 Å². The molecular formula is C33H28ClF5N8O5. The Morgan fingerprint density at radius 1 is 0.827 bits per heavy atom. The summed E-state index contributed by atoms with van der Waals surface area (Å²) < 4.78 is 72.0.